The van der Waals surface area contributed by atoms with E-state index in [9.17, 15) is 14.4 Å². The number of hydrogen-bond donors (Lipinski definition) is 3. The summed E-state index contributed by atoms with van der Waals surface area (Å²) in [6, 6.07) is 5.53. The van der Waals surface area contributed by atoms with E-state index in [0.29, 0.717) is 17.9 Å². The number of aliphatic carboxylic acids is 1. The molecule has 1 aromatic rings. The Morgan fingerprint density at radius 2 is 1.78 bits per heavy atom. The van der Waals surface area contributed by atoms with Gasteiger partial charge < -0.3 is 20.5 Å². The molecule has 0 saturated carbocycles. The van der Waals surface area contributed by atoms with Crippen LogP contribution in [-0.4, -0.2) is 42.1 Å². The Kier molecular flexibility index (Phi) is 7.05. The quantitative estimate of drug-likeness (QED) is 0.663. The smallest absolute Gasteiger partial charge is 0.326 e. The maximum Gasteiger partial charge on any atom is 0.326 e. The average Bonchev–Trinajstić information content (AvgIpc) is 2.50. The summed E-state index contributed by atoms with van der Waals surface area (Å²) >= 11 is 0. The molecule has 7 heteroatoms. The normalized spacial score (nSPS) is 11.7. The van der Waals surface area contributed by atoms with Crippen molar-refractivity contribution in [1.29, 1.82) is 0 Å². The van der Waals surface area contributed by atoms with Crippen LogP contribution in [0.5, 0.6) is 5.75 Å². The minimum absolute atomic E-state index is 0.252. The van der Waals surface area contributed by atoms with Crippen LogP contribution < -0.4 is 15.4 Å². The Balaban J connectivity index is 2.51. The number of carbonyl (C=O) groups excluding carboxylic acids is 2. The fourth-order valence-electron chi connectivity index (χ4n) is 1.87. The molecule has 0 radical (unpaired) electrons. The first-order valence-electron chi connectivity index (χ1n) is 7.38. The number of hydrogen-bond acceptors (Lipinski definition) is 4. The van der Waals surface area contributed by atoms with Crippen molar-refractivity contribution >= 4 is 17.8 Å². The largest absolute Gasteiger partial charge is 0.494 e. The number of benzene rings is 1. The fraction of sp³-hybridized carbons (Fsp3) is 0.438. The summed E-state index contributed by atoms with van der Waals surface area (Å²) in [5.74, 6) is -1.67. The zero-order valence-electron chi connectivity index (χ0n) is 13.5. The summed E-state index contributed by atoms with van der Waals surface area (Å²) in [7, 11) is 0. The number of nitrogens with one attached hydrogen (secondary N) is 2. The highest BCUT2D eigenvalue weighted by molar-refractivity contribution is 5.97. The number of rotatable bonds is 8. The maximum absolute atomic E-state index is 11.9. The van der Waals surface area contributed by atoms with Gasteiger partial charge in [-0.25, -0.2) is 4.79 Å². The molecular weight excluding hydrogens is 300 g/mol. The Morgan fingerprint density at radius 1 is 1.17 bits per heavy atom. The van der Waals surface area contributed by atoms with Crippen LogP contribution in [0.4, 0.5) is 0 Å². The van der Waals surface area contributed by atoms with Crippen molar-refractivity contribution in [3.05, 3.63) is 29.8 Å². The van der Waals surface area contributed by atoms with Gasteiger partial charge in [0.15, 0.2) is 0 Å². The minimum atomic E-state index is -1.11. The molecule has 0 spiro atoms. The van der Waals surface area contributed by atoms with E-state index in [1.165, 1.54) is 0 Å². The molecule has 23 heavy (non-hydrogen) atoms. The summed E-state index contributed by atoms with van der Waals surface area (Å²) in [6.45, 7) is 5.49. The van der Waals surface area contributed by atoms with Gasteiger partial charge in [0.2, 0.25) is 5.91 Å². The van der Waals surface area contributed by atoms with Crippen LogP contribution >= 0.6 is 0 Å². The number of carboxylic acid groups (broad SMARTS) is 1. The summed E-state index contributed by atoms with van der Waals surface area (Å²) in [5.41, 5.74) is 0.389. The standard InChI is InChI=1S/C16H22N2O5/c1-4-23-12-7-5-11(6-8-12)15(20)17-9-13(19)18-14(10(2)3)16(21)22/h5-8,10,14H,4,9H2,1-3H3,(H,17,20)(H,18,19)(H,21,22). The highest BCUT2D eigenvalue weighted by atomic mass is 16.5. The van der Waals surface area contributed by atoms with Gasteiger partial charge in [-0.1, -0.05) is 13.8 Å². The Morgan fingerprint density at radius 3 is 2.26 bits per heavy atom. The van der Waals surface area contributed by atoms with Gasteiger partial charge in [-0.05, 0) is 37.1 Å². The minimum Gasteiger partial charge on any atom is -0.494 e. The van der Waals surface area contributed by atoms with Crippen LogP contribution in [-0.2, 0) is 9.59 Å². The van der Waals surface area contributed by atoms with Crippen LogP contribution in [0.2, 0.25) is 0 Å². The molecule has 1 rings (SSSR count). The molecule has 3 N–H and O–H groups in total. The zero-order chi connectivity index (χ0) is 17.4. The second-order valence-corrected chi connectivity index (χ2v) is 5.27. The number of ether oxygens (including phenoxy) is 1. The Labute approximate surface area is 135 Å². The first-order chi connectivity index (χ1) is 10.8. The van der Waals surface area contributed by atoms with Crippen LogP contribution in [0.15, 0.2) is 24.3 Å². The molecule has 1 atom stereocenters. The molecule has 0 bridgehead atoms. The molecule has 0 aliphatic carbocycles. The average molecular weight is 322 g/mol. The third-order valence-corrected chi connectivity index (χ3v) is 3.09. The first-order valence-corrected chi connectivity index (χ1v) is 7.38. The van der Waals surface area contributed by atoms with Crippen LogP contribution in [0, 0.1) is 5.92 Å². The lowest BCUT2D eigenvalue weighted by Gasteiger charge is -2.18. The number of carbonyl (C=O) groups is 3. The van der Waals surface area contributed by atoms with Gasteiger partial charge in [0.05, 0.1) is 13.2 Å². The summed E-state index contributed by atoms with van der Waals surface area (Å²) < 4.78 is 5.28. The van der Waals surface area contributed by atoms with Crippen molar-refractivity contribution < 1.29 is 24.2 Å². The van der Waals surface area contributed by atoms with Crippen LogP contribution in [0.25, 0.3) is 0 Å². The number of amides is 2. The predicted octanol–water partition coefficient (Wildman–Crippen LogP) is 1.04. The van der Waals surface area contributed by atoms with Crippen molar-refractivity contribution in [3.8, 4) is 5.75 Å². The summed E-state index contributed by atoms with van der Waals surface area (Å²) in [5, 5.41) is 13.8. The molecule has 0 saturated heterocycles. The van der Waals surface area contributed by atoms with E-state index in [0.717, 1.165) is 0 Å². The van der Waals surface area contributed by atoms with Crippen molar-refractivity contribution in [3.63, 3.8) is 0 Å². The van der Waals surface area contributed by atoms with Gasteiger partial charge in [0, 0.05) is 5.56 Å². The lowest BCUT2D eigenvalue weighted by atomic mass is 10.1. The predicted molar refractivity (Wildman–Crippen MR) is 84.3 cm³/mol. The summed E-state index contributed by atoms with van der Waals surface area (Å²) in [4.78, 5) is 34.7. The van der Waals surface area contributed by atoms with Crippen molar-refractivity contribution in [2.45, 2.75) is 26.8 Å². The molecule has 7 nitrogen and oxygen atoms in total. The molecule has 0 heterocycles. The molecule has 0 aliphatic rings. The van der Waals surface area contributed by atoms with Gasteiger partial charge in [0.25, 0.3) is 5.91 Å². The van der Waals surface area contributed by atoms with Crippen LogP contribution in [0.1, 0.15) is 31.1 Å². The highest BCUT2D eigenvalue weighted by Gasteiger charge is 2.23. The van der Waals surface area contributed by atoms with Crippen molar-refractivity contribution in [2.75, 3.05) is 13.2 Å². The van der Waals surface area contributed by atoms with E-state index in [1.807, 2.05) is 6.92 Å². The third kappa shape index (κ3) is 5.98. The number of carboxylic acids is 1. The van der Waals surface area contributed by atoms with Gasteiger partial charge in [-0.3, -0.25) is 9.59 Å². The SMILES string of the molecule is CCOc1ccc(C(=O)NCC(=O)NC(C(=O)O)C(C)C)cc1. The van der Waals surface area contributed by atoms with E-state index in [4.69, 9.17) is 9.84 Å². The fourth-order valence-corrected chi connectivity index (χ4v) is 1.87. The molecule has 0 fully saturated rings. The second kappa shape index (κ2) is 8.77. The molecule has 1 unspecified atom stereocenters. The van der Waals surface area contributed by atoms with E-state index < -0.39 is 23.8 Å². The van der Waals surface area contributed by atoms with Gasteiger partial charge >= 0.3 is 5.97 Å². The Bertz CT molecular complexity index is 554. The Hall–Kier alpha value is -2.57. The van der Waals surface area contributed by atoms with E-state index >= 15 is 0 Å². The topological polar surface area (TPSA) is 105 Å². The molecule has 0 aliphatic heterocycles. The first kappa shape index (κ1) is 18.5. The van der Waals surface area contributed by atoms with Crippen LogP contribution in [0.3, 0.4) is 0 Å². The monoisotopic (exact) mass is 322 g/mol. The molecule has 1 aromatic carbocycles. The lowest BCUT2D eigenvalue weighted by molar-refractivity contribution is -0.142. The summed E-state index contributed by atoms with van der Waals surface area (Å²) in [6.07, 6.45) is 0. The van der Waals surface area contributed by atoms with E-state index in [-0.39, 0.29) is 12.5 Å². The highest BCUT2D eigenvalue weighted by Crippen LogP contribution is 2.11. The van der Waals surface area contributed by atoms with Crippen molar-refractivity contribution in [1.82, 2.24) is 10.6 Å². The van der Waals surface area contributed by atoms with Gasteiger partial charge in [0.1, 0.15) is 11.8 Å². The molecule has 126 valence electrons. The van der Waals surface area contributed by atoms with Gasteiger partial charge in [-0.15, -0.1) is 0 Å². The van der Waals surface area contributed by atoms with Gasteiger partial charge in [-0.2, -0.15) is 0 Å². The molecule has 0 aromatic heterocycles. The molecular formula is C16H22N2O5. The lowest BCUT2D eigenvalue weighted by Crippen LogP contribution is -2.48. The second-order valence-electron chi connectivity index (χ2n) is 5.27. The van der Waals surface area contributed by atoms with E-state index in [1.54, 1.807) is 38.1 Å². The zero-order valence-corrected chi connectivity index (χ0v) is 13.5. The molecule has 2 amide bonds. The third-order valence-electron chi connectivity index (χ3n) is 3.09. The maximum atomic E-state index is 11.9. The van der Waals surface area contributed by atoms with Crippen molar-refractivity contribution in [2.24, 2.45) is 5.92 Å². The van der Waals surface area contributed by atoms with E-state index in [2.05, 4.69) is 10.6 Å².